The van der Waals surface area contributed by atoms with Gasteiger partial charge < -0.3 is 9.72 Å². The molecule has 0 unspecified atom stereocenters. The molecule has 5 heteroatoms. The van der Waals surface area contributed by atoms with Crippen molar-refractivity contribution < 1.29 is 14.0 Å². The molecule has 1 N–H and O–H groups in total. The number of hydrogen-bond donors (Lipinski definition) is 1. The Labute approximate surface area is 137 Å². The third-order valence-electron chi connectivity index (χ3n) is 4.17. The number of rotatable bonds is 4. The van der Waals surface area contributed by atoms with Gasteiger partial charge in [0.15, 0.2) is 0 Å². The Morgan fingerprint density at radius 2 is 1.83 bits per heavy atom. The summed E-state index contributed by atoms with van der Waals surface area (Å²) in [4.78, 5) is 25.0. The van der Waals surface area contributed by atoms with Crippen molar-refractivity contribution in [3.63, 3.8) is 0 Å². The summed E-state index contributed by atoms with van der Waals surface area (Å²) in [6.07, 6.45) is 3.58. The molecule has 1 amide bonds. The van der Waals surface area contributed by atoms with Crippen molar-refractivity contribution in [1.82, 2.24) is 9.72 Å². The van der Waals surface area contributed by atoms with Crippen LogP contribution in [0.4, 0.5) is 4.39 Å². The standard InChI is InChI=1S/C19H15FN2O2/c20-13-6-4-12(5-7-13)16-11-15-3-1-2-10-22(15)17(16)18(23)19(24)21-14-8-9-14/h1-7,10-11,14H,8-9H2,(H,21,24). The van der Waals surface area contributed by atoms with E-state index in [0.717, 1.165) is 18.4 Å². The maximum atomic E-state index is 13.2. The Balaban J connectivity index is 1.84. The lowest BCUT2D eigenvalue weighted by Crippen LogP contribution is -2.33. The van der Waals surface area contributed by atoms with E-state index in [2.05, 4.69) is 5.32 Å². The summed E-state index contributed by atoms with van der Waals surface area (Å²) in [6, 6.07) is 13.4. The smallest absolute Gasteiger partial charge is 0.294 e. The van der Waals surface area contributed by atoms with E-state index in [-0.39, 0.29) is 11.9 Å². The van der Waals surface area contributed by atoms with Crippen LogP contribution in [-0.4, -0.2) is 22.1 Å². The highest BCUT2D eigenvalue weighted by Crippen LogP contribution is 2.29. The first-order chi connectivity index (χ1) is 11.6. The third kappa shape index (κ3) is 2.58. The number of ketones is 1. The van der Waals surface area contributed by atoms with Crippen LogP contribution in [0.1, 0.15) is 23.3 Å². The highest BCUT2D eigenvalue weighted by molar-refractivity contribution is 6.43. The first-order valence-corrected chi connectivity index (χ1v) is 7.85. The van der Waals surface area contributed by atoms with Gasteiger partial charge in [0, 0.05) is 23.3 Å². The van der Waals surface area contributed by atoms with Gasteiger partial charge in [0.1, 0.15) is 11.5 Å². The SMILES string of the molecule is O=C(NC1CC1)C(=O)c1c(-c2ccc(F)cc2)cc2ccccn12. The minimum Gasteiger partial charge on any atom is -0.346 e. The summed E-state index contributed by atoms with van der Waals surface area (Å²) in [7, 11) is 0. The first kappa shape index (κ1) is 14.6. The van der Waals surface area contributed by atoms with Crippen LogP contribution in [0.3, 0.4) is 0 Å². The Morgan fingerprint density at radius 3 is 2.54 bits per heavy atom. The molecule has 0 saturated heterocycles. The number of aromatic nitrogens is 1. The molecule has 24 heavy (non-hydrogen) atoms. The Hall–Kier alpha value is -2.95. The summed E-state index contributed by atoms with van der Waals surface area (Å²) in [5.41, 5.74) is 2.43. The van der Waals surface area contributed by atoms with Crippen LogP contribution in [0, 0.1) is 5.82 Å². The van der Waals surface area contributed by atoms with Crippen molar-refractivity contribution in [2.75, 3.05) is 0 Å². The first-order valence-electron chi connectivity index (χ1n) is 7.85. The fraction of sp³-hybridized carbons (Fsp3) is 0.158. The van der Waals surface area contributed by atoms with Crippen LogP contribution in [0.2, 0.25) is 0 Å². The molecule has 1 aromatic carbocycles. The molecule has 1 aliphatic carbocycles. The average molecular weight is 322 g/mol. The number of Topliss-reactive ketones (excluding diaryl/α,β-unsaturated/α-hetero) is 1. The lowest BCUT2D eigenvalue weighted by atomic mass is 10.0. The van der Waals surface area contributed by atoms with E-state index in [1.54, 1.807) is 28.8 Å². The van der Waals surface area contributed by atoms with Crippen LogP contribution in [0.25, 0.3) is 16.6 Å². The molecule has 4 rings (SSSR count). The van der Waals surface area contributed by atoms with E-state index in [1.807, 2.05) is 18.2 Å². The number of halogens is 1. The second kappa shape index (κ2) is 5.60. The zero-order valence-electron chi connectivity index (χ0n) is 12.8. The van der Waals surface area contributed by atoms with Crippen molar-refractivity contribution in [1.29, 1.82) is 0 Å². The van der Waals surface area contributed by atoms with Crippen molar-refractivity contribution in [2.24, 2.45) is 0 Å². The van der Waals surface area contributed by atoms with Gasteiger partial charge in [0.25, 0.3) is 11.7 Å². The van der Waals surface area contributed by atoms with Crippen LogP contribution in [-0.2, 0) is 4.79 Å². The molecule has 1 aliphatic rings. The fourth-order valence-corrected chi connectivity index (χ4v) is 2.79. The molecule has 120 valence electrons. The Morgan fingerprint density at radius 1 is 1.08 bits per heavy atom. The van der Waals surface area contributed by atoms with Crippen LogP contribution >= 0.6 is 0 Å². The molecule has 0 bridgehead atoms. The summed E-state index contributed by atoms with van der Waals surface area (Å²) in [5, 5.41) is 2.73. The quantitative estimate of drug-likeness (QED) is 0.592. The van der Waals surface area contributed by atoms with Gasteiger partial charge in [-0.25, -0.2) is 4.39 Å². The topological polar surface area (TPSA) is 50.6 Å². The van der Waals surface area contributed by atoms with E-state index in [0.29, 0.717) is 16.8 Å². The second-order valence-electron chi connectivity index (χ2n) is 5.99. The molecule has 2 heterocycles. The number of hydrogen-bond acceptors (Lipinski definition) is 2. The van der Waals surface area contributed by atoms with Gasteiger partial charge >= 0.3 is 0 Å². The van der Waals surface area contributed by atoms with E-state index in [1.165, 1.54) is 12.1 Å². The number of nitrogens with zero attached hydrogens (tertiary/aromatic N) is 1. The number of nitrogens with one attached hydrogen (secondary N) is 1. The second-order valence-corrected chi connectivity index (χ2v) is 5.99. The van der Waals surface area contributed by atoms with Crippen LogP contribution in [0.5, 0.6) is 0 Å². The summed E-state index contributed by atoms with van der Waals surface area (Å²) in [5.74, 6) is -1.51. The molecule has 2 aromatic heterocycles. The Kier molecular flexibility index (Phi) is 3.41. The summed E-state index contributed by atoms with van der Waals surface area (Å²) in [6.45, 7) is 0. The minimum absolute atomic E-state index is 0.113. The number of amides is 1. The van der Waals surface area contributed by atoms with Crippen molar-refractivity contribution >= 4 is 17.2 Å². The molecule has 0 atom stereocenters. The van der Waals surface area contributed by atoms with E-state index >= 15 is 0 Å². The Bertz CT molecular complexity index is 940. The highest BCUT2D eigenvalue weighted by Gasteiger charge is 2.30. The van der Waals surface area contributed by atoms with Crippen molar-refractivity contribution in [3.8, 4) is 11.1 Å². The maximum Gasteiger partial charge on any atom is 0.294 e. The molecular weight excluding hydrogens is 307 g/mol. The minimum atomic E-state index is -0.593. The van der Waals surface area contributed by atoms with Gasteiger partial charge in [-0.1, -0.05) is 18.2 Å². The molecule has 0 aliphatic heterocycles. The van der Waals surface area contributed by atoms with Crippen LogP contribution < -0.4 is 5.32 Å². The molecule has 0 radical (unpaired) electrons. The predicted molar refractivity (Wildman–Crippen MR) is 88.3 cm³/mol. The zero-order chi connectivity index (χ0) is 16.7. The van der Waals surface area contributed by atoms with E-state index in [9.17, 15) is 14.0 Å². The largest absolute Gasteiger partial charge is 0.346 e. The van der Waals surface area contributed by atoms with Gasteiger partial charge in [-0.3, -0.25) is 9.59 Å². The van der Waals surface area contributed by atoms with Gasteiger partial charge in [0.05, 0.1) is 0 Å². The molecule has 4 nitrogen and oxygen atoms in total. The molecule has 3 aromatic rings. The van der Waals surface area contributed by atoms with Crippen molar-refractivity contribution in [3.05, 3.63) is 66.2 Å². The fourth-order valence-electron chi connectivity index (χ4n) is 2.79. The van der Waals surface area contributed by atoms with Gasteiger partial charge in [-0.15, -0.1) is 0 Å². The summed E-state index contributed by atoms with van der Waals surface area (Å²) < 4.78 is 14.9. The molecular formula is C19H15FN2O2. The maximum absolute atomic E-state index is 13.2. The predicted octanol–water partition coefficient (Wildman–Crippen LogP) is 3.21. The van der Waals surface area contributed by atoms with Crippen molar-refractivity contribution in [2.45, 2.75) is 18.9 Å². The lowest BCUT2D eigenvalue weighted by Gasteiger charge is -2.07. The monoisotopic (exact) mass is 322 g/mol. The van der Waals surface area contributed by atoms with Crippen LogP contribution in [0.15, 0.2) is 54.7 Å². The number of benzene rings is 1. The number of pyridine rings is 1. The third-order valence-corrected chi connectivity index (χ3v) is 4.17. The zero-order valence-corrected chi connectivity index (χ0v) is 12.8. The lowest BCUT2D eigenvalue weighted by molar-refractivity contribution is -0.117. The number of fused-ring (bicyclic) bond motifs is 1. The van der Waals surface area contributed by atoms with E-state index < -0.39 is 11.7 Å². The summed E-state index contributed by atoms with van der Waals surface area (Å²) >= 11 is 0. The normalized spacial score (nSPS) is 13.9. The molecule has 1 fully saturated rings. The van der Waals surface area contributed by atoms with Gasteiger partial charge in [-0.05, 0) is 48.7 Å². The molecule has 0 spiro atoms. The van der Waals surface area contributed by atoms with Gasteiger partial charge in [-0.2, -0.15) is 0 Å². The van der Waals surface area contributed by atoms with E-state index in [4.69, 9.17) is 0 Å². The average Bonchev–Trinajstić information content (AvgIpc) is 3.32. The number of carbonyl (C=O) groups is 2. The highest BCUT2D eigenvalue weighted by atomic mass is 19.1. The molecule has 1 saturated carbocycles. The van der Waals surface area contributed by atoms with Gasteiger partial charge in [0.2, 0.25) is 0 Å². The number of carbonyl (C=O) groups excluding carboxylic acids is 2.